The Kier molecular flexibility index (Phi) is 11.1. The maximum Gasteiger partial charge on any atom is 0.264 e. The Labute approximate surface area is 265 Å². The summed E-state index contributed by atoms with van der Waals surface area (Å²) >= 11 is 0. The van der Waals surface area contributed by atoms with Gasteiger partial charge in [-0.1, -0.05) is 84.8 Å². The van der Waals surface area contributed by atoms with Crippen LogP contribution in [0.3, 0.4) is 0 Å². The number of rotatable bonds is 13. The molecule has 2 amide bonds. The molecule has 236 valence electrons. The molecular formula is C36H40FN3O4S. The van der Waals surface area contributed by atoms with Crippen molar-refractivity contribution in [3.8, 4) is 0 Å². The van der Waals surface area contributed by atoms with Gasteiger partial charge in [-0.15, -0.1) is 0 Å². The molecule has 0 heterocycles. The number of hydrogen-bond acceptors (Lipinski definition) is 4. The van der Waals surface area contributed by atoms with Crippen LogP contribution in [0.25, 0.3) is 0 Å². The molecule has 45 heavy (non-hydrogen) atoms. The van der Waals surface area contributed by atoms with Crippen molar-refractivity contribution in [1.29, 1.82) is 0 Å². The summed E-state index contributed by atoms with van der Waals surface area (Å²) in [5.74, 6) is -1.35. The molecule has 1 unspecified atom stereocenters. The molecule has 0 aliphatic heterocycles. The predicted molar refractivity (Wildman–Crippen MR) is 176 cm³/mol. The summed E-state index contributed by atoms with van der Waals surface area (Å²) in [7, 11) is -4.20. The summed E-state index contributed by atoms with van der Waals surface area (Å²) in [4.78, 5) is 29.6. The van der Waals surface area contributed by atoms with E-state index in [-0.39, 0.29) is 23.8 Å². The van der Waals surface area contributed by atoms with Crippen LogP contribution in [0.15, 0.2) is 102 Å². The van der Waals surface area contributed by atoms with E-state index in [2.05, 4.69) is 5.32 Å². The van der Waals surface area contributed by atoms with Gasteiger partial charge in [0.1, 0.15) is 18.4 Å². The maximum atomic E-state index is 14.5. The first kappa shape index (κ1) is 33.4. The van der Waals surface area contributed by atoms with Gasteiger partial charge in [-0.3, -0.25) is 13.9 Å². The van der Waals surface area contributed by atoms with Crippen LogP contribution in [0.5, 0.6) is 0 Å². The smallest absolute Gasteiger partial charge is 0.264 e. The lowest BCUT2D eigenvalue weighted by atomic mass is 10.0. The zero-order chi connectivity index (χ0) is 32.6. The molecule has 0 radical (unpaired) electrons. The topological polar surface area (TPSA) is 86.8 Å². The third kappa shape index (κ3) is 8.57. The molecule has 7 nitrogen and oxygen atoms in total. The highest BCUT2D eigenvalue weighted by atomic mass is 32.2. The first-order chi connectivity index (χ1) is 21.5. The molecule has 4 aromatic rings. The molecule has 4 rings (SSSR count). The number of halogens is 1. The van der Waals surface area contributed by atoms with Crippen molar-refractivity contribution in [2.45, 2.75) is 58.0 Å². The highest BCUT2D eigenvalue weighted by Gasteiger charge is 2.35. The minimum atomic E-state index is -4.20. The summed E-state index contributed by atoms with van der Waals surface area (Å²) in [6, 6.07) is 25.9. The number of amides is 2. The maximum absolute atomic E-state index is 14.5. The summed E-state index contributed by atoms with van der Waals surface area (Å²) in [6.45, 7) is 7.36. The number of carbonyl (C=O) groups is 2. The van der Waals surface area contributed by atoms with Crippen molar-refractivity contribution in [3.05, 3.63) is 131 Å². The fraction of sp³-hybridized carbons (Fsp3) is 0.278. The Morgan fingerprint density at radius 1 is 0.822 bits per heavy atom. The number of sulfonamides is 1. The van der Waals surface area contributed by atoms with E-state index < -0.39 is 34.3 Å². The van der Waals surface area contributed by atoms with E-state index in [4.69, 9.17) is 0 Å². The van der Waals surface area contributed by atoms with Gasteiger partial charge >= 0.3 is 0 Å². The van der Waals surface area contributed by atoms with Crippen LogP contribution in [0.2, 0.25) is 0 Å². The molecule has 0 aliphatic carbocycles. The fourth-order valence-corrected chi connectivity index (χ4v) is 6.62. The van der Waals surface area contributed by atoms with Gasteiger partial charge in [-0.25, -0.2) is 12.8 Å². The molecule has 0 saturated carbocycles. The van der Waals surface area contributed by atoms with Crippen LogP contribution < -0.4 is 9.62 Å². The van der Waals surface area contributed by atoms with Crippen molar-refractivity contribution < 1.29 is 22.4 Å². The Hall–Kier alpha value is -4.50. The van der Waals surface area contributed by atoms with Crippen LogP contribution in [-0.2, 0) is 32.6 Å². The largest absolute Gasteiger partial charge is 0.354 e. The number of hydrogen-bond donors (Lipinski definition) is 1. The Morgan fingerprint density at radius 3 is 2.09 bits per heavy atom. The number of anilines is 1. The molecule has 0 bridgehead atoms. The summed E-state index contributed by atoms with van der Waals surface area (Å²) in [5.41, 5.74) is 4.34. The van der Waals surface area contributed by atoms with Crippen molar-refractivity contribution >= 4 is 27.5 Å². The molecule has 9 heteroatoms. The van der Waals surface area contributed by atoms with Gasteiger partial charge in [0.15, 0.2) is 0 Å². The lowest BCUT2D eigenvalue weighted by Crippen LogP contribution is -2.53. The minimum Gasteiger partial charge on any atom is -0.354 e. The third-order valence-corrected chi connectivity index (χ3v) is 9.37. The standard InChI is InChI=1S/C36H40FN3O4S/c1-5-21-38-36(42)34(23-29-9-7-6-8-10-29)39(24-30-14-16-31(37)17-15-30)35(41)25-40(33-20-13-27(3)22-28(33)4)45(43,44)32-18-11-26(2)12-19-32/h6-20,22,34H,5,21,23-25H2,1-4H3,(H,38,42). The van der Waals surface area contributed by atoms with Gasteiger partial charge in [0, 0.05) is 19.5 Å². The molecule has 0 fully saturated rings. The lowest BCUT2D eigenvalue weighted by Gasteiger charge is -2.34. The van der Waals surface area contributed by atoms with Crippen molar-refractivity contribution in [3.63, 3.8) is 0 Å². The van der Waals surface area contributed by atoms with Crippen molar-refractivity contribution in [2.75, 3.05) is 17.4 Å². The summed E-state index contributed by atoms with van der Waals surface area (Å²) in [5, 5.41) is 2.92. The zero-order valence-corrected chi connectivity index (χ0v) is 27.0. The number of nitrogens with one attached hydrogen (secondary N) is 1. The minimum absolute atomic E-state index is 0.0263. The monoisotopic (exact) mass is 629 g/mol. The van der Waals surface area contributed by atoms with E-state index in [1.807, 2.05) is 57.2 Å². The molecule has 0 saturated heterocycles. The normalized spacial score (nSPS) is 11.9. The summed E-state index contributed by atoms with van der Waals surface area (Å²) in [6.07, 6.45) is 0.905. The number of aryl methyl sites for hydroxylation is 3. The molecule has 1 N–H and O–H groups in total. The van der Waals surface area contributed by atoms with Gasteiger partial charge < -0.3 is 10.2 Å². The average molecular weight is 630 g/mol. The number of nitrogens with zero attached hydrogens (tertiary/aromatic N) is 2. The predicted octanol–water partition coefficient (Wildman–Crippen LogP) is 6.11. The van der Waals surface area contributed by atoms with Crippen LogP contribution in [0, 0.1) is 26.6 Å². The Morgan fingerprint density at radius 2 is 1.47 bits per heavy atom. The van der Waals surface area contributed by atoms with E-state index >= 15 is 0 Å². The summed E-state index contributed by atoms with van der Waals surface area (Å²) < 4.78 is 43.4. The van der Waals surface area contributed by atoms with Crippen LogP contribution >= 0.6 is 0 Å². The SMILES string of the molecule is CCCNC(=O)C(Cc1ccccc1)N(Cc1ccc(F)cc1)C(=O)CN(c1ccc(C)cc1C)S(=O)(=O)c1ccc(C)cc1. The Balaban J connectivity index is 1.81. The highest BCUT2D eigenvalue weighted by Crippen LogP contribution is 2.29. The second-order valence-corrected chi connectivity index (χ2v) is 13.1. The first-order valence-corrected chi connectivity index (χ1v) is 16.5. The first-order valence-electron chi connectivity index (χ1n) is 15.0. The van der Waals surface area contributed by atoms with E-state index in [0.717, 1.165) is 21.0 Å². The van der Waals surface area contributed by atoms with Crippen LogP contribution in [0.4, 0.5) is 10.1 Å². The molecular weight excluding hydrogens is 589 g/mol. The van der Waals surface area contributed by atoms with Crippen molar-refractivity contribution in [1.82, 2.24) is 10.2 Å². The van der Waals surface area contributed by atoms with Crippen LogP contribution in [-0.4, -0.2) is 44.3 Å². The average Bonchev–Trinajstić information content (AvgIpc) is 3.02. The second-order valence-electron chi connectivity index (χ2n) is 11.3. The van der Waals surface area contributed by atoms with E-state index in [0.29, 0.717) is 29.8 Å². The Bertz CT molecular complexity index is 1710. The zero-order valence-electron chi connectivity index (χ0n) is 26.2. The van der Waals surface area contributed by atoms with E-state index in [1.54, 1.807) is 43.3 Å². The molecule has 4 aromatic carbocycles. The van der Waals surface area contributed by atoms with Gasteiger partial charge in [0.05, 0.1) is 10.6 Å². The van der Waals surface area contributed by atoms with Gasteiger partial charge in [-0.2, -0.15) is 0 Å². The van der Waals surface area contributed by atoms with E-state index in [1.165, 1.54) is 29.2 Å². The van der Waals surface area contributed by atoms with Gasteiger partial charge in [-0.05, 0) is 74.2 Å². The molecule has 1 atom stereocenters. The third-order valence-electron chi connectivity index (χ3n) is 7.60. The van der Waals surface area contributed by atoms with Gasteiger partial charge in [0.2, 0.25) is 11.8 Å². The molecule has 0 aliphatic rings. The van der Waals surface area contributed by atoms with E-state index in [9.17, 15) is 22.4 Å². The van der Waals surface area contributed by atoms with Crippen molar-refractivity contribution in [2.24, 2.45) is 0 Å². The number of carbonyl (C=O) groups excluding carboxylic acids is 2. The molecule has 0 aromatic heterocycles. The fourth-order valence-electron chi connectivity index (χ4n) is 5.14. The number of benzene rings is 4. The lowest BCUT2D eigenvalue weighted by molar-refractivity contribution is -0.140. The molecule has 0 spiro atoms. The second kappa shape index (κ2) is 15.0. The quantitative estimate of drug-likeness (QED) is 0.193. The highest BCUT2D eigenvalue weighted by molar-refractivity contribution is 7.92. The van der Waals surface area contributed by atoms with Crippen LogP contribution in [0.1, 0.15) is 41.2 Å². The van der Waals surface area contributed by atoms with Gasteiger partial charge in [0.25, 0.3) is 10.0 Å².